The molecule has 3 amide bonds. The van der Waals surface area contributed by atoms with Crippen molar-refractivity contribution in [2.45, 2.75) is 17.3 Å². The molecule has 21 heavy (non-hydrogen) atoms. The fourth-order valence-corrected chi connectivity index (χ4v) is 2.42. The molecule has 0 saturated carbocycles. The normalized spacial score (nSPS) is 11.9. The highest BCUT2D eigenvalue weighted by atomic mass is 32.2. The molecule has 2 aromatic rings. The Morgan fingerprint density at radius 3 is 2.62 bits per heavy atom. The number of pyridine rings is 1. The van der Waals surface area contributed by atoms with E-state index in [0.29, 0.717) is 11.0 Å². The van der Waals surface area contributed by atoms with Crippen LogP contribution in [0, 0.1) is 0 Å². The largest absolute Gasteiger partial charge is 0.351 e. The molecule has 0 aliphatic rings. The highest BCUT2D eigenvalue weighted by Gasteiger charge is 2.20. The zero-order valence-corrected chi connectivity index (χ0v) is 12.3. The summed E-state index contributed by atoms with van der Waals surface area (Å²) < 4.78 is 1.77. The number of carbonyl (C=O) groups excluding carboxylic acids is 2. The van der Waals surface area contributed by atoms with Crippen LogP contribution in [-0.2, 0) is 11.8 Å². The summed E-state index contributed by atoms with van der Waals surface area (Å²) in [5.41, 5.74) is 5.79. The number of amides is 3. The summed E-state index contributed by atoms with van der Waals surface area (Å²) in [5.74, 6) is 0.198. The highest BCUT2D eigenvalue weighted by molar-refractivity contribution is 8.00. The lowest BCUT2D eigenvalue weighted by Gasteiger charge is -2.09. The number of carbonyl (C=O) groups is 2. The molecule has 8 nitrogen and oxygen atoms in total. The molecular formula is C12H14N6O2S. The van der Waals surface area contributed by atoms with Crippen molar-refractivity contribution >= 4 is 23.7 Å². The zero-order chi connectivity index (χ0) is 15.4. The average Bonchev–Trinajstić information content (AvgIpc) is 2.80. The summed E-state index contributed by atoms with van der Waals surface area (Å²) in [6, 6.07) is 2.77. The van der Waals surface area contributed by atoms with Gasteiger partial charge in [0, 0.05) is 25.0 Å². The third-order valence-electron chi connectivity index (χ3n) is 2.67. The van der Waals surface area contributed by atoms with Gasteiger partial charge in [-0.1, -0.05) is 11.8 Å². The third-order valence-corrected chi connectivity index (χ3v) is 3.81. The number of urea groups is 1. The van der Waals surface area contributed by atoms with Crippen LogP contribution in [-0.4, -0.2) is 36.9 Å². The van der Waals surface area contributed by atoms with E-state index in [0.717, 1.165) is 5.56 Å². The van der Waals surface area contributed by atoms with Crippen LogP contribution < -0.4 is 11.1 Å². The summed E-state index contributed by atoms with van der Waals surface area (Å²) >= 11 is 1.19. The number of aromatic nitrogens is 4. The highest BCUT2D eigenvalue weighted by Crippen LogP contribution is 2.25. The van der Waals surface area contributed by atoms with Crippen LogP contribution in [0.15, 0.2) is 29.7 Å². The maximum atomic E-state index is 11.6. The van der Waals surface area contributed by atoms with Gasteiger partial charge in [-0.2, -0.15) is 0 Å². The summed E-state index contributed by atoms with van der Waals surface area (Å²) in [5, 5.41) is 10.2. The molecule has 0 saturated heterocycles. The van der Waals surface area contributed by atoms with Crippen LogP contribution in [0.5, 0.6) is 0 Å². The Morgan fingerprint density at radius 1 is 1.33 bits per heavy atom. The van der Waals surface area contributed by atoms with Gasteiger partial charge in [-0.05, 0) is 19.1 Å². The summed E-state index contributed by atoms with van der Waals surface area (Å²) in [7, 11) is 1.80. The molecule has 2 heterocycles. The van der Waals surface area contributed by atoms with Gasteiger partial charge in [-0.25, -0.2) is 4.79 Å². The minimum Gasteiger partial charge on any atom is -0.351 e. The second kappa shape index (κ2) is 6.35. The van der Waals surface area contributed by atoms with Crippen LogP contribution in [0.3, 0.4) is 0 Å². The van der Waals surface area contributed by atoms with Gasteiger partial charge < -0.3 is 10.3 Å². The second-order valence-corrected chi connectivity index (χ2v) is 5.52. The number of hydrogen-bond donors (Lipinski definition) is 2. The number of hydrogen-bond acceptors (Lipinski definition) is 6. The summed E-state index contributed by atoms with van der Waals surface area (Å²) in [6.45, 7) is 1.66. The van der Waals surface area contributed by atoms with Gasteiger partial charge in [0.15, 0.2) is 11.0 Å². The molecule has 3 N–H and O–H groups in total. The Labute approximate surface area is 125 Å². The molecule has 1 atom stereocenters. The quantitative estimate of drug-likeness (QED) is 0.797. The number of nitrogens with one attached hydrogen (secondary N) is 1. The smallest absolute Gasteiger partial charge is 0.318 e. The number of nitrogens with two attached hydrogens (primary N) is 1. The first-order valence-corrected chi connectivity index (χ1v) is 6.93. The minimum atomic E-state index is -0.872. The molecule has 0 spiro atoms. The first-order valence-electron chi connectivity index (χ1n) is 6.05. The zero-order valence-electron chi connectivity index (χ0n) is 11.5. The predicted molar refractivity (Wildman–Crippen MR) is 77.3 cm³/mol. The van der Waals surface area contributed by atoms with Gasteiger partial charge in [-0.3, -0.25) is 15.1 Å². The van der Waals surface area contributed by atoms with E-state index in [1.807, 2.05) is 17.4 Å². The van der Waals surface area contributed by atoms with Crippen LogP contribution >= 0.6 is 11.8 Å². The van der Waals surface area contributed by atoms with Crippen LogP contribution in [0.2, 0.25) is 0 Å². The maximum Gasteiger partial charge on any atom is 0.318 e. The lowest BCUT2D eigenvalue weighted by atomic mass is 10.2. The van der Waals surface area contributed by atoms with Crippen LogP contribution in [0.1, 0.15) is 6.92 Å². The van der Waals surface area contributed by atoms with Crippen molar-refractivity contribution in [3.63, 3.8) is 0 Å². The molecule has 0 aromatic carbocycles. The molecule has 0 fully saturated rings. The van der Waals surface area contributed by atoms with Crippen molar-refractivity contribution in [3.8, 4) is 11.4 Å². The number of imide groups is 1. The van der Waals surface area contributed by atoms with Gasteiger partial charge in [0.1, 0.15) is 0 Å². The lowest BCUT2D eigenvalue weighted by molar-refractivity contribution is -0.119. The van der Waals surface area contributed by atoms with Crippen molar-refractivity contribution in [2.75, 3.05) is 0 Å². The standard InChI is InChI=1S/C12H14N6O2S/c1-7(10(19)15-11(13)20)21-12-17-16-9(18(12)2)8-3-5-14-6-4-8/h3-7H,1-2H3,(H3,13,15,19,20)/t7-/m0/s1. The van der Waals surface area contributed by atoms with Crippen molar-refractivity contribution in [1.82, 2.24) is 25.1 Å². The third kappa shape index (κ3) is 3.57. The fourth-order valence-electron chi connectivity index (χ4n) is 1.60. The Balaban J connectivity index is 2.14. The molecule has 0 aliphatic heterocycles. The van der Waals surface area contributed by atoms with Gasteiger partial charge >= 0.3 is 6.03 Å². The second-order valence-electron chi connectivity index (χ2n) is 4.21. The number of rotatable bonds is 4. The van der Waals surface area contributed by atoms with E-state index < -0.39 is 17.2 Å². The van der Waals surface area contributed by atoms with Crippen molar-refractivity contribution in [3.05, 3.63) is 24.5 Å². The summed E-state index contributed by atoms with van der Waals surface area (Å²) in [4.78, 5) is 26.3. The van der Waals surface area contributed by atoms with E-state index in [1.165, 1.54) is 11.8 Å². The Hall–Kier alpha value is -2.42. The Kier molecular flexibility index (Phi) is 4.53. The Morgan fingerprint density at radius 2 is 2.00 bits per heavy atom. The van der Waals surface area contributed by atoms with E-state index >= 15 is 0 Å². The molecule has 0 unspecified atom stereocenters. The van der Waals surface area contributed by atoms with Crippen LogP contribution in [0.25, 0.3) is 11.4 Å². The first kappa shape index (κ1) is 15.0. The van der Waals surface area contributed by atoms with Gasteiger partial charge in [0.25, 0.3) is 0 Å². The molecule has 0 bridgehead atoms. The SMILES string of the molecule is C[C@H](Sc1nnc(-c2ccncc2)n1C)C(=O)NC(N)=O. The predicted octanol–water partition coefficient (Wildman–Crippen LogP) is 0.553. The molecule has 0 aliphatic carbocycles. The van der Waals surface area contributed by atoms with E-state index in [2.05, 4.69) is 15.2 Å². The first-order chi connectivity index (χ1) is 9.99. The average molecular weight is 306 g/mol. The van der Waals surface area contributed by atoms with E-state index in [1.54, 1.807) is 30.9 Å². The molecule has 9 heteroatoms. The molecule has 2 rings (SSSR count). The van der Waals surface area contributed by atoms with Crippen molar-refractivity contribution in [1.29, 1.82) is 0 Å². The van der Waals surface area contributed by atoms with E-state index in [4.69, 9.17) is 5.73 Å². The van der Waals surface area contributed by atoms with Gasteiger partial charge in [0.05, 0.1) is 5.25 Å². The monoisotopic (exact) mass is 306 g/mol. The topological polar surface area (TPSA) is 116 Å². The van der Waals surface area contributed by atoms with Crippen molar-refractivity contribution < 1.29 is 9.59 Å². The van der Waals surface area contributed by atoms with E-state index in [-0.39, 0.29) is 0 Å². The number of nitrogens with zero attached hydrogens (tertiary/aromatic N) is 4. The molecule has 110 valence electrons. The summed E-state index contributed by atoms with van der Waals surface area (Å²) in [6.07, 6.45) is 3.33. The minimum absolute atomic E-state index is 0.471. The Bertz CT molecular complexity index is 657. The van der Waals surface area contributed by atoms with Crippen molar-refractivity contribution in [2.24, 2.45) is 12.8 Å². The molecule has 2 aromatic heterocycles. The lowest BCUT2D eigenvalue weighted by Crippen LogP contribution is -2.39. The van der Waals surface area contributed by atoms with Gasteiger partial charge in [-0.15, -0.1) is 10.2 Å². The van der Waals surface area contributed by atoms with Crippen LogP contribution in [0.4, 0.5) is 4.79 Å². The fraction of sp³-hybridized carbons (Fsp3) is 0.250. The van der Waals surface area contributed by atoms with Gasteiger partial charge in [0.2, 0.25) is 5.91 Å². The molecular weight excluding hydrogens is 292 g/mol. The number of thioether (sulfide) groups is 1. The van der Waals surface area contributed by atoms with E-state index in [9.17, 15) is 9.59 Å². The maximum absolute atomic E-state index is 11.6. The molecule has 0 radical (unpaired) electrons. The number of primary amides is 1.